The summed E-state index contributed by atoms with van der Waals surface area (Å²) < 4.78 is 13.0. The summed E-state index contributed by atoms with van der Waals surface area (Å²) in [5.74, 6) is 0.100. The predicted octanol–water partition coefficient (Wildman–Crippen LogP) is 3.56. The Morgan fingerprint density at radius 1 is 1.42 bits per heavy atom. The quantitative estimate of drug-likeness (QED) is 0.850. The smallest absolute Gasteiger partial charge is 0.140 e. The van der Waals surface area contributed by atoms with Crippen LogP contribution in [0, 0.1) is 12.7 Å². The summed E-state index contributed by atoms with van der Waals surface area (Å²) in [7, 11) is 0. The first-order chi connectivity index (χ1) is 8.99. The van der Waals surface area contributed by atoms with Gasteiger partial charge >= 0.3 is 0 Å². The van der Waals surface area contributed by atoms with Crippen LogP contribution in [0.5, 0.6) is 0 Å². The summed E-state index contributed by atoms with van der Waals surface area (Å²) in [6.07, 6.45) is 1.64. The van der Waals surface area contributed by atoms with Crippen LogP contribution < -0.4 is 11.1 Å². The zero-order valence-corrected chi connectivity index (χ0v) is 11.6. The summed E-state index contributed by atoms with van der Waals surface area (Å²) in [4.78, 5) is 4.43. The van der Waals surface area contributed by atoms with Gasteiger partial charge in [0.1, 0.15) is 16.6 Å². The molecule has 0 aliphatic carbocycles. The Bertz CT molecular complexity index is 646. The van der Waals surface area contributed by atoms with Gasteiger partial charge in [-0.2, -0.15) is 0 Å². The van der Waals surface area contributed by atoms with Gasteiger partial charge < -0.3 is 11.1 Å². The predicted molar refractivity (Wildman–Crippen MR) is 79.6 cm³/mol. The monoisotopic (exact) mass is 295 g/mol. The third-order valence-electron chi connectivity index (χ3n) is 2.59. The maximum Gasteiger partial charge on any atom is 0.140 e. The van der Waals surface area contributed by atoms with Gasteiger partial charge in [0.05, 0.1) is 16.3 Å². The second kappa shape index (κ2) is 5.50. The third kappa shape index (κ3) is 3.00. The largest absolute Gasteiger partial charge is 0.389 e. The second-order valence-corrected chi connectivity index (χ2v) is 4.81. The Morgan fingerprint density at radius 3 is 2.79 bits per heavy atom. The molecule has 1 aromatic carbocycles. The summed E-state index contributed by atoms with van der Waals surface area (Å²) in [6, 6.07) is 5.88. The highest BCUT2D eigenvalue weighted by Gasteiger charge is 2.11. The number of aromatic nitrogens is 1. The van der Waals surface area contributed by atoms with Crippen LogP contribution >= 0.6 is 23.8 Å². The number of halogens is 2. The summed E-state index contributed by atoms with van der Waals surface area (Å²) in [5, 5.41) is 3.27. The highest BCUT2D eigenvalue weighted by atomic mass is 35.5. The van der Waals surface area contributed by atoms with E-state index >= 15 is 0 Å². The lowest BCUT2D eigenvalue weighted by Crippen LogP contribution is -2.14. The zero-order chi connectivity index (χ0) is 14.0. The van der Waals surface area contributed by atoms with Gasteiger partial charge in [-0.1, -0.05) is 23.8 Å². The zero-order valence-electron chi connectivity index (χ0n) is 10.1. The van der Waals surface area contributed by atoms with E-state index in [0.29, 0.717) is 17.1 Å². The van der Waals surface area contributed by atoms with Crippen LogP contribution in [0.4, 0.5) is 15.9 Å². The Labute approximate surface area is 120 Å². The average molecular weight is 296 g/mol. The van der Waals surface area contributed by atoms with E-state index < -0.39 is 5.82 Å². The van der Waals surface area contributed by atoms with Crippen molar-refractivity contribution >= 4 is 40.3 Å². The number of anilines is 2. The van der Waals surface area contributed by atoms with E-state index in [9.17, 15) is 4.39 Å². The number of rotatable bonds is 3. The Balaban J connectivity index is 2.44. The minimum Gasteiger partial charge on any atom is -0.389 e. The molecule has 0 radical (unpaired) electrons. The maximum absolute atomic E-state index is 13.0. The Morgan fingerprint density at radius 2 is 2.16 bits per heavy atom. The molecule has 0 unspecified atom stereocenters. The summed E-state index contributed by atoms with van der Waals surface area (Å²) in [6.45, 7) is 1.88. The first kappa shape index (κ1) is 13.7. The van der Waals surface area contributed by atoms with Gasteiger partial charge in [0.2, 0.25) is 0 Å². The molecule has 19 heavy (non-hydrogen) atoms. The Kier molecular flexibility index (Phi) is 3.97. The standard InChI is InChI=1S/C13H11ClFN3S/c1-7-4-5-17-13(11(7)12(16)19)18-10-3-2-8(15)6-9(10)14/h2-6H,1H3,(H2,16,19)(H,17,18). The number of thiocarbonyl (C=S) groups is 1. The molecule has 0 spiro atoms. The molecule has 2 aromatic rings. The van der Waals surface area contributed by atoms with Gasteiger partial charge in [-0.05, 0) is 36.8 Å². The van der Waals surface area contributed by atoms with Crippen LogP contribution in [0.1, 0.15) is 11.1 Å². The SMILES string of the molecule is Cc1ccnc(Nc2ccc(F)cc2Cl)c1C(N)=S. The van der Waals surface area contributed by atoms with E-state index in [0.717, 1.165) is 5.56 Å². The fraction of sp³-hybridized carbons (Fsp3) is 0.0769. The van der Waals surface area contributed by atoms with E-state index in [1.807, 2.05) is 13.0 Å². The van der Waals surface area contributed by atoms with Crippen molar-refractivity contribution in [3.05, 3.63) is 52.4 Å². The molecule has 0 bridgehead atoms. The molecule has 1 aromatic heterocycles. The summed E-state index contributed by atoms with van der Waals surface area (Å²) >= 11 is 11.0. The first-order valence-electron chi connectivity index (χ1n) is 5.46. The molecule has 3 N–H and O–H groups in total. The van der Waals surface area contributed by atoms with Crippen molar-refractivity contribution in [1.29, 1.82) is 0 Å². The topological polar surface area (TPSA) is 50.9 Å². The van der Waals surface area contributed by atoms with E-state index in [-0.39, 0.29) is 10.0 Å². The van der Waals surface area contributed by atoms with Crippen LogP contribution in [0.2, 0.25) is 5.02 Å². The molecule has 1 heterocycles. The van der Waals surface area contributed by atoms with Crippen molar-refractivity contribution in [2.45, 2.75) is 6.92 Å². The summed E-state index contributed by atoms with van der Waals surface area (Å²) in [5.41, 5.74) is 7.79. The van der Waals surface area contributed by atoms with Crippen molar-refractivity contribution in [3.8, 4) is 0 Å². The number of hydrogen-bond acceptors (Lipinski definition) is 3. The van der Waals surface area contributed by atoms with Crippen LogP contribution in [0.15, 0.2) is 30.5 Å². The highest BCUT2D eigenvalue weighted by Crippen LogP contribution is 2.27. The number of pyridine rings is 1. The molecule has 0 fully saturated rings. The van der Waals surface area contributed by atoms with Gasteiger partial charge in [0.25, 0.3) is 0 Å². The molecule has 6 heteroatoms. The van der Waals surface area contributed by atoms with Gasteiger partial charge in [-0.25, -0.2) is 9.37 Å². The number of nitrogens with two attached hydrogens (primary N) is 1. The maximum atomic E-state index is 13.0. The molecule has 98 valence electrons. The van der Waals surface area contributed by atoms with Crippen molar-refractivity contribution in [2.24, 2.45) is 5.73 Å². The van der Waals surface area contributed by atoms with Crippen molar-refractivity contribution < 1.29 is 4.39 Å². The molecule has 2 rings (SSSR count). The molecule has 0 aliphatic heterocycles. The number of aryl methyl sites for hydroxylation is 1. The second-order valence-electron chi connectivity index (χ2n) is 3.96. The van der Waals surface area contributed by atoms with Crippen molar-refractivity contribution in [2.75, 3.05) is 5.32 Å². The average Bonchev–Trinajstić information content (AvgIpc) is 2.32. The molecular formula is C13H11ClFN3S. The number of nitrogens with zero attached hydrogens (tertiary/aromatic N) is 1. The van der Waals surface area contributed by atoms with Crippen LogP contribution in [0.3, 0.4) is 0 Å². The van der Waals surface area contributed by atoms with Gasteiger partial charge in [-0.15, -0.1) is 0 Å². The van der Waals surface area contributed by atoms with Crippen LogP contribution in [-0.2, 0) is 0 Å². The highest BCUT2D eigenvalue weighted by molar-refractivity contribution is 7.80. The normalized spacial score (nSPS) is 10.3. The minimum atomic E-state index is -0.401. The molecule has 0 saturated heterocycles. The molecular weight excluding hydrogens is 285 g/mol. The van der Waals surface area contributed by atoms with Gasteiger partial charge in [0.15, 0.2) is 0 Å². The Hall–Kier alpha value is -1.72. The lowest BCUT2D eigenvalue weighted by atomic mass is 10.1. The van der Waals surface area contributed by atoms with Crippen LogP contribution in [0.25, 0.3) is 0 Å². The number of benzene rings is 1. The van der Waals surface area contributed by atoms with E-state index in [1.165, 1.54) is 18.2 Å². The lowest BCUT2D eigenvalue weighted by Gasteiger charge is -2.13. The molecule has 0 aliphatic rings. The number of hydrogen-bond donors (Lipinski definition) is 2. The van der Waals surface area contributed by atoms with Gasteiger partial charge in [-0.3, -0.25) is 0 Å². The fourth-order valence-corrected chi connectivity index (χ4v) is 2.15. The van der Waals surface area contributed by atoms with E-state index in [2.05, 4.69) is 10.3 Å². The third-order valence-corrected chi connectivity index (χ3v) is 3.11. The van der Waals surface area contributed by atoms with Crippen molar-refractivity contribution in [3.63, 3.8) is 0 Å². The van der Waals surface area contributed by atoms with E-state index in [4.69, 9.17) is 29.6 Å². The van der Waals surface area contributed by atoms with Gasteiger partial charge in [0, 0.05) is 6.20 Å². The van der Waals surface area contributed by atoms with Crippen molar-refractivity contribution in [1.82, 2.24) is 4.98 Å². The molecule has 3 nitrogen and oxygen atoms in total. The molecule has 0 saturated carbocycles. The minimum absolute atomic E-state index is 0.242. The lowest BCUT2D eigenvalue weighted by molar-refractivity contribution is 0.628. The molecule has 0 atom stereocenters. The number of nitrogens with one attached hydrogen (secondary N) is 1. The van der Waals surface area contributed by atoms with Crippen LogP contribution in [-0.4, -0.2) is 9.97 Å². The fourth-order valence-electron chi connectivity index (χ4n) is 1.68. The van der Waals surface area contributed by atoms with E-state index in [1.54, 1.807) is 6.20 Å². The first-order valence-corrected chi connectivity index (χ1v) is 6.25. The molecule has 0 amide bonds.